The minimum Gasteiger partial charge on any atom is -0.361 e. The molecule has 110 valence electrons. The Hall–Kier alpha value is -2.47. The minimum atomic E-state index is -0.803. The first-order chi connectivity index (χ1) is 10.2. The van der Waals surface area contributed by atoms with Crippen LogP contribution in [0.1, 0.15) is 35.3 Å². The lowest BCUT2D eigenvalue weighted by Crippen LogP contribution is -2.19. The van der Waals surface area contributed by atoms with E-state index in [-0.39, 0.29) is 17.4 Å². The maximum absolute atomic E-state index is 14.0. The number of hydrogen-bond acceptors (Lipinski definition) is 4. The summed E-state index contributed by atoms with van der Waals surface area (Å²) in [6.45, 7) is 1.98. The van der Waals surface area contributed by atoms with Crippen molar-refractivity contribution >= 4 is 11.7 Å². The molecule has 2 rings (SSSR count). The quantitative estimate of drug-likeness (QED) is 0.584. The zero-order chi connectivity index (χ0) is 15.2. The molecule has 0 radical (unpaired) electrons. The predicted octanol–water partition coefficient (Wildman–Crippen LogP) is 2.90. The van der Waals surface area contributed by atoms with Crippen molar-refractivity contribution in [3.8, 4) is 0 Å². The van der Waals surface area contributed by atoms with Crippen LogP contribution in [0.15, 0.2) is 42.6 Å². The van der Waals surface area contributed by atoms with Crippen LogP contribution in [-0.4, -0.2) is 16.1 Å². The van der Waals surface area contributed by atoms with Gasteiger partial charge in [0.2, 0.25) is 0 Å². The van der Waals surface area contributed by atoms with Gasteiger partial charge in [0.15, 0.2) is 11.6 Å². The van der Waals surface area contributed by atoms with Crippen LogP contribution in [-0.2, 0) is 0 Å². The summed E-state index contributed by atoms with van der Waals surface area (Å²) >= 11 is 0. The number of nitrogens with one attached hydrogen (secondary N) is 2. The Bertz CT molecular complexity index is 620. The third-order valence-electron chi connectivity index (χ3n) is 3.13. The van der Waals surface area contributed by atoms with Gasteiger partial charge in [0.05, 0.1) is 11.6 Å². The molecule has 1 amide bonds. The van der Waals surface area contributed by atoms with Gasteiger partial charge in [-0.2, -0.15) is 0 Å². The number of anilines is 1. The normalized spacial score (nSPS) is 11.8. The average Bonchev–Trinajstić information content (AvgIpc) is 2.53. The fraction of sp³-hybridized carbons (Fsp3) is 0.200. The molecule has 6 heteroatoms. The lowest BCUT2D eigenvalue weighted by Gasteiger charge is -2.18. The van der Waals surface area contributed by atoms with E-state index in [2.05, 4.69) is 10.3 Å². The SMILES string of the molecule is CCC(Nc1ncc(C(=O)NO)cc1F)c1ccccc1. The van der Waals surface area contributed by atoms with Crippen molar-refractivity contribution in [2.45, 2.75) is 19.4 Å². The van der Waals surface area contributed by atoms with Crippen molar-refractivity contribution in [3.63, 3.8) is 0 Å². The third-order valence-corrected chi connectivity index (χ3v) is 3.13. The van der Waals surface area contributed by atoms with Crippen molar-refractivity contribution in [1.82, 2.24) is 10.5 Å². The molecule has 0 saturated heterocycles. The molecule has 3 N–H and O–H groups in total. The van der Waals surface area contributed by atoms with Crippen molar-refractivity contribution in [3.05, 3.63) is 59.5 Å². The molecule has 5 nitrogen and oxygen atoms in total. The Labute approximate surface area is 121 Å². The second-order valence-electron chi connectivity index (χ2n) is 4.51. The number of carbonyl (C=O) groups excluding carboxylic acids is 1. The van der Waals surface area contributed by atoms with Crippen molar-refractivity contribution in [1.29, 1.82) is 0 Å². The highest BCUT2D eigenvalue weighted by atomic mass is 19.1. The van der Waals surface area contributed by atoms with Gasteiger partial charge in [0, 0.05) is 6.20 Å². The van der Waals surface area contributed by atoms with Gasteiger partial charge in [0.1, 0.15) is 0 Å². The standard InChI is InChI=1S/C15H16FN3O2/c1-2-13(10-6-4-3-5-7-10)18-14-12(16)8-11(9-17-14)15(20)19-21/h3-9,13,21H,2H2,1H3,(H,17,18)(H,19,20). The molecule has 1 unspecified atom stereocenters. The van der Waals surface area contributed by atoms with Gasteiger partial charge in [-0.05, 0) is 18.1 Å². The Morgan fingerprint density at radius 3 is 2.67 bits per heavy atom. The smallest absolute Gasteiger partial charge is 0.276 e. The fourth-order valence-electron chi connectivity index (χ4n) is 2.00. The molecule has 0 bridgehead atoms. The van der Waals surface area contributed by atoms with Crippen molar-refractivity contribution in [2.75, 3.05) is 5.32 Å². The van der Waals surface area contributed by atoms with Gasteiger partial charge in [-0.1, -0.05) is 37.3 Å². The molecule has 21 heavy (non-hydrogen) atoms. The van der Waals surface area contributed by atoms with Crippen LogP contribution in [0.25, 0.3) is 0 Å². The average molecular weight is 289 g/mol. The first-order valence-corrected chi connectivity index (χ1v) is 6.57. The minimum absolute atomic E-state index is 0.0479. The number of amides is 1. The first kappa shape index (κ1) is 14.9. The number of carbonyl (C=O) groups is 1. The summed E-state index contributed by atoms with van der Waals surface area (Å²) in [6.07, 6.45) is 1.96. The highest BCUT2D eigenvalue weighted by Gasteiger charge is 2.14. The van der Waals surface area contributed by atoms with E-state index in [0.717, 1.165) is 18.1 Å². The van der Waals surface area contributed by atoms with Crippen LogP contribution in [0, 0.1) is 5.82 Å². The van der Waals surface area contributed by atoms with Crippen LogP contribution in [0.4, 0.5) is 10.2 Å². The van der Waals surface area contributed by atoms with Crippen LogP contribution < -0.4 is 10.8 Å². The summed E-state index contributed by atoms with van der Waals surface area (Å²) < 4.78 is 14.0. The zero-order valence-corrected chi connectivity index (χ0v) is 11.5. The summed E-state index contributed by atoms with van der Waals surface area (Å²) in [6, 6.07) is 10.6. The second kappa shape index (κ2) is 6.81. The van der Waals surface area contributed by atoms with Crippen molar-refractivity contribution in [2.24, 2.45) is 0 Å². The molecule has 1 aromatic heterocycles. The van der Waals surface area contributed by atoms with E-state index in [4.69, 9.17) is 5.21 Å². The van der Waals surface area contributed by atoms with Gasteiger partial charge in [0.25, 0.3) is 5.91 Å². The van der Waals surface area contributed by atoms with Gasteiger partial charge < -0.3 is 5.32 Å². The molecule has 1 atom stereocenters. The number of rotatable bonds is 5. The molecule has 0 fully saturated rings. The van der Waals surface area contributed by atoms with Gasteiger partial charge in [-0.3, -0.25) is 10.0 Å². The summed E-state index contributed by atoms with van der Waals surface area (Å²) in [5.74, 6) is -1.38. The van der Waals surface area contributed by atoms with E-state index in [1.54, 1.807) is 0 Å². The molecular formula is C15H16FN3O2. The van der Waals surface area contributed by atoms with Gasteiger partial charge in [-0.25, -0.2) is 14.9 Å². The Morgan fingerprint density at radius 1 is 1.38 bits per heavy atom. The maximum atomic E-state index is 14.0. The van der Waals surface area contributed by atoms with Crippen molar-refractivity contribution < 1.29 is 14.4 Å². The highest BCUT2D eigenvalue weighted by molar-refractivity contribution is 5.93. The third kappa shape index (κ3) is 3.55. The number of benzene rings is 1. The number of hydroxylamine groups is 1. The summed E-state index contributed by atoms with van der Waals surface area (Å²) in [5.41, 5.74) is 2.42. The topological polar surface area (TPSA) is 74.2 Å². The number of aromatic nitrogens is 1. The first-order valence-electron chi connectivity index (χ1n) is 6.57. The Morgan fingerprint density at radius 2 is 2.10 bits per heavy atom. The lowest BCUT2D eigenvalue weighted by atomic mass is 10.0. The van der Waals surface area contributed by atoms with Gasteiger partial charge >= 0.3 is 0 Å². The molecule has 2 aromatic rings. The van der Waals surface area contributed by atoms with E-state index in [9.17, 15) is 9.18 Å². The maximum Gasteiger partial charge on any atom is 0.276 e. The molecule has 0 aliphatic heterocycles. The van der Waals surface area contributed by atoms with Crippen LogP contribution >= 0.6 is 0 Å². The monoisotopic (exact) mass is 289 g/mol. The highest BCUT2D eigenvalue weighted by Crippen LogP contribution is 2.23. The molecule has 0 aliphatic rings. The number of pyridine rings is 1. The van der Waals surface area contributed by atoms with E-state index in [1.807, 2.05) is 37.3 Å². The molecular weight excluding hydrogens is 273 g/mol. The van der Waals surface area contributed by atoms with E-state index < -0.39 is 11.7 Å². The second-order valence-corrected chi connectivity index (χ2v) is 4.51. The van der Waals surface area contributed by atoms with Crippen LogP contribution in [0.5, 0.6) is 0 Å². The Balaban J connectivity index is 2.20. The molecule has 0 spiro atoms. The number of hydrogen-bond donors (Lipinski definition) is 3. The summed E-state index contributed by atoms with van der Waals surface area (Å²) in [4.78, 5) is 15.1. The fourth-order valence-corrected chi connectivity index (χ4v) is 2.00. The zero-order valence-electron chi connectivity index (χ0n) is 11.5. The molecule has 0 aliphatic carbocycles. The number of halogens is 1. The number of nitrogens with zero attached hydrogens (tertiary/aromatic N) is 1. The molecule has 1 heterocycles. The summed E-state index contributed by atoms with van der Waals surface area (Å²) in [7, 11) is 0. The van der Waals surface area contributed by atoms with E-state index in [1.165, 1.54) is 11.7 Å². The largest absolute Gasteiger partial charge is 0.361 e. The Kier molecular flexibility index (Phi) is 4.84. The van der Waals surface area contributed by atoms with E-state index in [0.29, 0.717) is 0 Å². The predicted molar refractivity (Wildman–Crippen MR) is 76.5 cm³/mol. The lowest BCUT2D eigenvalue weighted by molar-refractivity contribution is 0.0705. The van der Waals surface area contributed by atoms with E-state index >= 15 is 0 Å². The van der Waals surface area contributed by atoms with Gasteiger partial charge in [-0.15, -0.1) is 0 Å². The van der Waals surface area contributed by atoms with Crippen LogP contribution in [0.2, 0.25) is 0 Å². The molecule has 0 saturated carbocycles. The van der Waals surface area contributed by atoms with Crippen LogP contribution in [0.3, 0.4) is 0 Å². The molecule has 1 aromatic carbocycles. The summed E-state index contributed by atoms with van der Waals surface area (Å²) in [5, 5.41) is 11.5.